The SMILES string of the molecule is O=C(CCNCCc1ccccc1)Nc1cccc(Cl)c1Cl. The van der Waals surface area contributed by atoms with Crippen LogP contribution in [0.15, 0.2) is 48.5 Å². The van der Waals surface area contributed by atoms with E-state index in [1.54, 1.807) is 18.2 Å². The predicted molar refractivity (Wildman–Crippen MR) is 92.7 cm³/mol. The molecule has 1 amide bonds. The van der Waals surface area contributed by atoms with Crippen LogP contribution in [0.25, 0.3) is 0 Å². The van der Waals surface area contributed by atoms with E-state index in [0.717, 1.165) is 13.0 Å². The van der Waals surface area contributed by atoms with Crippen LogP contribution in [0.2, 0.25) is 10.0 Å². The molecule has 0 aliphatic rings. The van der Waals surface area contributed by atoms with Crippen LogP contribution in [0.5, 0.6) is 0 Å². The number of rotatable bonds is 7. The number of carbonyl (C=O) groups is 1. The van der Waals surface area contributed by atoms with Crippen molar-refractivity contribution in [3.05, 3.63) is 64.1 Å². The predicted octanol–water partition coefficient (Wildman–Crippen LogP) is 4.15. The summed E-state index contributed by atoms with van der Waals surface area (Å²) in [4.78, 5) is 11.9. The van der Waals surface area contributed by atoms with Crippen molar-refractivity contribution >= 4 is 34.8 Å². The fourth-order valence-corrected chi connectivity index (χ4v) is 2.37. The zero-order chi connectivity index (χ0) is 15.8. The van der Waals surface area contributed by atoms with Gasteiger partial charge in [-0.1, -0.05) is 59.6 Å². The van der Waals surface area contributed by atoms with Gasteiger partial charge in [0.1, 0.15) is 0 Å². The van der Waals surface area contributed by atoms with Crippen molar-refractivity contribution in [2.75, 3.05) is 18.4 Å². The Kier molecular flexibility index (Phi) is 6.72. The molecule has 0 aliphatic heterocycles. The molecule has 0 saturated heterocycles. The summed E-state index contributed by atoms with van der Waals surface area (Å²) >= 11 is 11.9. The summed E-state index contributed by atoms with van der Waals surface area (Å²) in [6, 6.07) is 15.4. The lowest BCUT2D eigenvalue weighted by molar-refractivity contribution is -0.116. The first-order valence-electron chi connectivity index (χ1n) is 7.15. The van der Waals surface area contributed by atoms with E-state index in [4.69, 9.17) is 23.2 Å². The van der Waals surface area contributed by atoms with Gasteiger partial charge >= 0.3 is 0 Å². The summed E-state index contributed by atoms with van der Waals surface area (Å²) in [6.45, 7) is 1.46. The van der Waals surface area contributed by atoms with Gasteiger partial charge in [0.05, 0.1) is 15.7 Å². The van der Waals surface area contributed by atoms with Gasteiger partial charge in [0.2, 0.25) is 5.91 Å². The Morgan fingerprint density at radius 1 is 0.955 bits per heavy atom. The Hall–Kier alpha value is -1.55. The van der Waals surface area contributed by atoms with Crippen LogP contribution in [-0.4, -0.2) is 19.0 Å². The van der Waals surface area contributed by atoms with Crippen LogP contribution < -0.4 is 10.6 Å². The molecule has 0 spiro atoms. The van der Waals surface area contributed by atoms with Gasteiger partial charge in [-0.3, -0.25) is 4.79 Å². The fraction of sp³-hybridized carbons (Fsp3) is 0.235. The third-order valence-electron chi connectivity index (χ3n) is 3.19. The maximum absolute atomic E-state index is 11.9. The van der Waals surface area contributed by atoms with Crippen molar-refractivity contribution in [1.29, 1.82) is 0 Å². The second-order valence-corrected chi connectivity index (χ2v) is 5.67. The van der Waals surface area contributed by atoms with E-state index in [2.05, 4.69) is 22.8 Å². The minimum atomic E-state index is -0.0867. The van der Waals surface area contributed by atoms with Crippen molar-refractivity contribution in [2.45, 2.75) is 12.8 Å². The molecule has 0 fully saturated rings. The van der Waals surface area contributed by atoms with Crippen molar-refractivity contribution in [3.63, 3.8) is 0 Å². The quantitative estimate of drug-likeness (QED) is 0.745. The highest BCUT2D eigenvalue weighted by atomic mass is 35.5. The minimum Gasteiger partial charge on any atom is -0.325 e. The summed E-state index contributed by atoms with van der Waals surface area (Å²) in [6.07, 6.45) is 1.33. The van der Waals surface area contributed by atoms with E-state index in [1.807, 2.05) is 18.2 Å². The van der Waals surface area contributed by atoms with Crippen molar-refractivity contribution in [1.82, 2.24) is 5.32 Å². The first-order valence-corrected chi connectivity index (χ1v) is 7.91. The van der Waals surface area contributed by atoms with E-state index in [1.165, 1.54) is 5.56 Å². The number of halogens is 2. The smallest absolute Gasteiger partial charge is 0.225 e. The molecule has 0 heterocycles. The molecule has 2 rings (SSSR count). The third-order valence-corrected chi connectivity index (χ3v) is 4.01. The van der Waals surface area contributed by atoms with Crippen molar-refractivity contribution in [2.24, 2.45) is 0 Å². The molecule has 0 aromatic heterocycles. The molecular formula is C17H18Cl2N2O. The number of benzene rings is 2. The lowest BCUT2D eigenvalue weighted by atomic mass is 10.1. The second kappa shape index (κ2) is 8.79. The molecule has 116 valence electrons. The monoisotopic (exact) mass is 336 g/mol. The molecule has 5 heteroatoms. The van der Waals surface area contributed by atoms with E-state index in [0.29, 0.717) is 28.7 Å². The van der Waals surface area contributed by atoms with Crippen LogP contribution in [0, 0.1) is 0 Å². The fourth-order valence-electron chi connectivity index (χ4n) is 2.02. The number of hydrogen-bond acceptors (Lipinski definition) is 2. The standard InChI is InChI=1S/C17H18Cl2N2O/c18-14-7-4-8-15(17(14)19)21-16(22)10-12-20-11-9-13-5-2-1-3-6-13/h1-8,20H,9-12H2,(H,21,22). The van der Waals surface area contributed by atoms with Gasteiger partial charge in [0.25, 0.3) is 0 Å². The van der Waals surface area contributed by atoms with Crippen molar-refractivity contribution in [3.8, 4) is 0 Å². The van der Waals surface area contributed by atoms with Crippen LogP contribution in [0.3, 0.4) is 0 Å². The molecule has 2 N–H and O–H groups in total. The van der Waals surface area contributed by atoms with Gasteiger partial charge in [-0.15, -0.1) is 0 Å². The third kappa shape index (κ3) is 5.34. The molecule has 2 aromatic carbocycles. The Balaban J connectivity index is 1.67. The molecule has 0 aliphatic carbocycles. The van der Waals surface area contributed by atoms with E-state index in [-0.39, 0.29) is 5.91 Å². The molecular weight excluding hydrogens is 319 g/mol. The van der Waals surface area contributed by atoms with Gasteiger partial charge < -0.3 is 10.6 Å². The zero-order valence-corrected chi connectivity index (χ0v) is 13.6. The highest BCUT2D eigenvalue weighted by Gasteiger charge is 2.07. The molecule has 0 unspecified atom stereocenters. The highest BCUT2D eigenvalue weighted by Crippen LogP contribution is 2.29. The molecule has 0 radical (unpaired) electrons. The van der Waals surface area contributed by atoms with Crippen LogP contribution in [0.4, 0.5) is 5.69 Å². The zero-order valence-electron chi connectivity index (χ0n) is 12.1. The van der Waals surface area contributed by atoms with E-state index >= 15 is 0 Å². The minimum absolute atomic E-state index is 0.0867. The Labute approximate surface area is 140 Å². The van der Waals surface area contributed by atoms with Gasteiger partial charge in [-0.25, -0.2) is 0 Å². The topological polar surface area (TPSA) is 41.1 Å². The molecule has 2 aromatic rings. The van der Waals surface area contributed by atoms with Gasteiger partial charge in [-0.05, 0) is 30.7 Å². The molecule has 0 saturated carbocycles. The average Bonchev–Trinajstić information content (AvgIpc) is 2.52. The maximum atomic E-state index is 11.9. The van der Waals surface area contributed by atoms with Crippen LogP contribution >= 0.6 is 23.2 Å². The van der Waals surface area contributed by atoms with Gasteiger partial charge in [0.15, 0.2) is 0 Å². The van der Waals surface area contributed by atoms with Gasteiger partial charge in [-0.2, -0.15) is 0 Å². The van der Waals surface area contributed by atoms with Crippen molar-refractivity contribution < 1.29 is 4.79 Å². The van der Waals surface area contributed by atoms with Gasteiger partial charge in [0, 0.05) is 13.0 Å². The number of anilines is 1. The summed E-state index contributed by atoms with van der Waals surface area (Å²) in [5.41, 5.74) is 1.83. The Bertz CT molecular complexity index is 617. The lowest BCUT2D eigenvalue weighted by Crippen LogP contribution is -2.23. The number of hydrogen-bond donors (Lipinski definition) is 2. The average molecular weight is 337 g/mol. The first-order chi connectivity index (χ1) is 10.7. The molecule has 3 nitrogen and oxygen atoms in total. The first kappa shape index (κ1) is 16.8. The van der Waals surface area contributed by atoms with Crippen LogP contribution in [0.1, 0.15) is 12.0 Å². The van der Waals surface area contributed by atoms with E-state index < -0.39 is 0 Å². The number of amides is 1. The summed E-state index contributed by atoms with van der Waals surface area (Å²) in [5.74, 6) is -0.0867. The lowest BCUT2D eigenvalue weighted by Gasteiger charge is -2.09. The summed E-state index contributed by atoms with van der Waals surface area (Å²) in [5, 5.41) is 6.82. The second-order valence-electron chi connectivity index (χ2n) is 4.89. The summed E-state index contributed by atoms with van der Waals surface area (Å²) < 4.78 is 0. The van der Waals surface area contributed by atoms with Crippen LogP contribution in [-0.2, 0) is 11.2 Å². The Morgan fingerprint density at radius 3 is 2.50 bits per heavy atom. The summed E-state index contributed by atoms with van der Waals surface area (Å²) in [7, 11) is 0. The molecule has 0 atom stereocenters. The number of nitrogens with one attached hydrogen (secondary N) is 2. The normalized spacial score (nSPS) is 10.5. The van der Waals surface area contributed by atoms with E-state index in [9.17, 15) is 4.79 Å². The largest absolute Gasteiger partial charge is 0.325 e. The molecule has 0 bridgehead atoms. The number of carbonyl (C=O) groups excluding carboxylic acids is 1. The highest BCUT2D eigenvalue weighted by molar-refractivity contribution is 6.43. The molecule has 22 heavy (non-hydrogen) atoms. The maximum Gasteiger partial charge on any atom is 0.225 e. The Morgan fingerprint density at radius 2 is 1.73 bits per heavy atom.